The first-order chi connectivity index (χ1) is 14.6. The van der Waals surface area contributed by atoms with Crippen molar-refractivity contribution in [1.82, 2.24) is 14.6 Å². The van der Waals surface area contributed by atoms with Crippen molar-refractivity contribution in [3.8, 4) is 11.5 Å². The largest absolute Gasteiger partial charge is 0.454 e. The van der Waals surface area contributed by atoms with Crippen molar-refractivity contribution < 1.29 is 19.1 Å². The maximum Gasteiger partial charge on any atom is 0.308 e. The smallest absolute Gasteiger partial charge is 0.308 e. The van der Waals surface area contributed by atoms with Crippen molar-refractivity contribution in [3.63, 3.8) is 0 Å². The van der Waals surface area contributed by atoms with Crippen LogP contribution in [0.4, 0.5) is 0 Å². The Bertz CT molecular complexity index is 1200. The van der Waals surface area contributed by atoms with Gasteiger partial charge in [0.1, 0.15) is 6.54 Å². The van der Waals surface area contributed by atoms with E-state index in [9.17, 15) is 14.4 Å². The van der Waals surface area contributed by atoms with E-state index in [1.165, 1.54) is 14.6 Å². The molecule has 2 aliphatic rings. The van der Waals surface area contributed by atoms with Gasteiger partial charge in [0.2, 0.25) is 12.7 Å². The summed E-state index contributed by atoms with van der Waals surface area (Å²) in [5.74, 6) is 0.857. The quantitative estimate of drug-likeness (QED) is 0.639. The molecule has 0 bridgehead atoms. The van der Waals surface area contributed by atoms with Gasteiger partial charge in [0, 0.05) is 13.1 Å². The predicted molar refractivity (Wildman–Crippen MR) is 110 cm³/mol. The van der Waals surface area contributed by atoms with E-state index in [1.54, 1.807) is 12.1 Å². The second-order valence-electron chi connectivity index (χ2n) is 7.17. The third kappa shape index (κ3) is 3.30. The number of carbonyl (C=O) groups excluding carboxylic acids is 2. The molecule has 3 aromatic rings. The summed E-state index contributed by atoms with van der Waals surface area (Å²) in [5, 5.41) is 2.96. The number of aromatic nitrogens is 1. The molecule has 0 aliphatic carbocycles. The van der Waals surface area contributed by atoms with Crippen LogP contribution in [0.1, 0.15) is 12.0 Å². The zero-order valence-electron chi connectivity index (χ0n) is 16.1. The standard InChI is InChI=1S/C21H19N3O5S/c25-19(11-14-6-7-16-17(10-14)29-13-28-16)23-8-3-9-24(23)20(26)12-22-15-4-1-2-5-18(15)30-21(22)27/h1-2,4-7,10H,3,8-9,11-13H2. The van der Waals surface area contributed by atoms with E-state index in [0.717, 1.165) is 27.1 Å². The first-order valence-corrected chi connectivity index (χ1v) is 10.5. The van der Waals surface area contributed by atoms with E-state index >= 15 is 0 Å². The lowest BCUT2D eigenvalue weighted by Crippen LogP contribution is -2.47. The molecule has 3 heterocycles. The average molecular weight is 425 g/mol. The molecule has 2 aliphatic heterocycles. The molecule has 1 saturated heterocycles. The van der Waals surface area contributed by atoms with Crippen molar-refractivity contribution >= 4 is 33.4 Å². The normalized spacial score (nSPS) is 15.2. The van der Waals surface area contributed by atoms with E-state index in [4.69, 9.17) is 9.47 Å². The predicted octanol–water partition coefficient (Wildman–Crippen LogP) is 2.01. The first-order valence-electron chi connectivity index (χ1n) is 9.68. The average Bonchev–Trinajstić information content (AvgIpc) is 3.46. The molecule has 8 nitrogen and oxygen atoms in total. The van der Waals surface area contributed by atoms with Crippen molar-refractivity contribution in [2.75, 3.05) is 19.9 Å². The maximum atomic E-state index is 13.0. The van der Waals surface area contributed by atoms with Crippen LogP contribution in [0.15, 0.2) is 47.3 Å². The van der Waals surface area contributed by atoms with Crippen LogP contribution in [-0.2, 0) is 22.6 Å². The highest BCUT2D eigenvalue weighted by molar-refractivity contribution is 7.16. The number of hydrogen-bond acceptors (Lipinski definition) is 6. The summed E-state index contributed by atoms with van der Waals surface area (Å²) in [6.07, 6.45) is 0.861. The van der Waals surface area contributed by atoms with Gasteiger partial charge in [-0.1, -0.05) is 29.5 Å². The summed E-state index contributed by atoms with van der Waals surface area (Å²) in [6, 6.07) is 12.8. The molecule has 0 spiro atoms. The lowest BCUT2D eigenvalue weighted by atomic mass is 10.1. The second kappa shape index (κ2) is 7.49. The summed E-state index contributed by atoms with van der Waals surface area (Å²) >= 11 is 1.12. The Kier molecular flexibility index (Phi) is 4.66. The molecule has 1 fully saturated rings. The topological polar surface area (TPSA) is 81.1 Å². The SMILES string of the molecule is O=C(Cc1ccc2c(c1)OCO2)N1CCCN1C(=O)Cn1c(=O)sc2ccccc21. The number of ether oxygens (including phenoxy) is 2. The number of amides is 2. The zero-order chi connectivity index (χ0) is 20.7. The summed E-state index contributed by atoms with van der Waals surface area (Å²) < 4.78 is 13.0. The molecule has 1 aromatic heterocycles. The van der Waals surface area contributed by atoms with E-state index in [-0.39, 0.29) is 36.4 Å². The van der Waals surface area contributed by atoms with Crippen LogP contribution in [0.2, 0.25) is 0 Å². The van der Waals surface area contributed by atoms with Gasteiger partial charge in [-0.25, -0.2) is 5.01 Å². The van der Waals surface area contributed by atoms with Crippen molar-refractivity contribution in [2.24, 2.45) is 0 Å². The highest BCUT2D eigenvalue weighted by Gasteiger charge is 2.31. The van der Waals surface area contributed by atoms with Gasteiger partial charge in [-0.15, -0.1) is 0 Å². The van der Waals surface area contributed by atoms with E-state index in [2.05, 4.69) is 0 Å². The fourth-order valence-corrected chi connectivity index (χ4v) is 4.72. The van der Waals surface area contributed by atoms with Gasteiger partial charge in [-0.3, -0.25) is 24.0 Å². The van der Waals surface area contributed by atoms with Crippen molar-refractivity contribution in [2.45, 2.75) is 19.4 Å². The van der Waals surface area contributed by atoms with Crippen LogP contribution < -0.4 is 14.3 Å². The minimum absolute atomic E-state index is 0.0867. The number of rotatable bonds is 4. The Morgan fingerprint density at radius 2 is 1.73 bits per heavy atom. The summed E-state index contributed by atoms with van der Waals surface area (Å²) in [5.41, 5.74) is 1.53. The van der Waals surface area contributed by atoms with E-state index in [0.29, 0.717) is 31.0 Å². The van der Waals surface area contributed by atoms with Crippen molar-refractivity contribution in [3.05, 3.63) is 57.7 Å². The molecule has 9 heteroatoms. The van der Waals surface area contributed by atoms with Gasteiger partial charge >= 0.3 is 4.87 Å². The second-order valence-corrected chi connectivity index (χ2v) is 8.17. The van der Waals surface area contributed by atoms with E-state index in [1.807, 2.05) is 30.3 Å². The fraction of sp³-hybridized carbons (Fsp3) is 0.286. The third-order valence-corrected chi connectivity index (χ3v) is 6.23. The molecular weight excluding hydrogens is 406 g/mol. The minimum Gasteiger partial charge on any atom is -0.454 e. The van der Waals surface area contributed by atoms with Crippen LogP contribution >= 0.6 is 11.3 Å². The minimum atomic E-state index is -0.266. The zero-order valence-corrected chi connectivity index (χ0v) is 16.9. The van der Waals surface area contributed by atoms with Crippen LogP contribution in [0.5, 0.6) is 11.5 Å². The molecule has 30 heavy (non-hydrogen) atoms. The Balaban J connectivity index is 1.31. The van der Waals surface area contributed by atoms with Crippen LogP contribution in [0, 0.1) is 0 Å². The lowest BCUT2D eigenvalue weighted by Gasteiger charge is -2.28. The van der Waals surface area contributed by atoms with E-state index < -0.39 is 0 Å². The number of nitrogens with zero attached hydrogens (tertiary/aromatic N) is 3. The Morgan fingerprint density at radius 3 is 2.60 bits per heavy atom. The Hall–Kier alpha value is -3.33. The lowest BCUT2D eigenvalue weighted by molar-refractivity contribution is -0.157. The van der Waals surface area contributed by atoms with Gasteiger partial charge in [0.15, 0.2) is 11.5 Å². The van der Waals surface area contributed by atoms with Gasteiger partial charge in [-0.2, -0.15) is 0 Å². The van der Waals surface area contributed by atoms with Gasteiger partial charge in [-0.05, 0) is 36.2 Å². The summed E-state index contributed by atoms with van der Waals surface area (Å²) in [7, 11) is 0. The number of carbonyl (C=O) groups is 2. The Labute approximate surface area is 175 Å². The van der Waals surface area contributed by atoms with Gasteiger partial charge in [0.25, 0.3) is 5.91 Å². The number of para-hydroxylation sites is 1. The molecular formula is C21H19N3O5S. The highest BCUT2D eigenvalue weighted by Crippen LogP contribution is 2.32. The number of benzene rings is 2. The maximum absolute atomic E-state index is 13.0. The summed E-state index contributed by atoms with van der Waals surface area (Å²) in [4.78, 5) is 38.0. The molecule has 0 saturated carbocycles. The fourth-order valence-electron chi connectivity index (χ4n) is 3.83. The summed E-state index contributed by atoms with van der Waals surface area (Å²) in [6.45, 7) is 1.03. The number of fused-ring (bicyclic) bond motifs is 2. The van der Waals surface area contributed by atoms with Crippen LogP contribution in [0.25, 0.3) is 10.2 Å². The molecule has 2 amide bonds. The molecule has 154 valence electrons. The number of hydrogen-bond donors (Lipinski definition) is 0. The third-order valence-electron chi connectivity index (χ3n) is 5.27. The van der Waals surface area contributed by atoms with Crippen molar-refractivity contribution in [1.29, 1.82) is 0 Å². The molecule has 0 radical (unpaired) electrons. The number of hydrazine groups is 1. The highest BCUT2D eigenvalue weighted by atomic mass is 32.1. The monoisotopic (exact) mass is 425 g/mol. The Morgan fingerprint density at radius 1 is 0.967 bits per heavy atom. The number of thiazole rings is 1. The molecule has 5 rings (SSSR count). The van der Waals surface area contributed by atoms with Crippen LogP contribution in [0.3, 0.4) is 0 Å². The first kappa shape index (κ1) is 18.7. The molecule has 2 aromatic carbocycles. The molecule has 0 unspecified atom stereocenters. The molecule has 0 atom stereocenters. The van der Waals surface area contributed by atoms with Crippen LogP contribution in [-0.4, -0.2) is 46.3 Å². The molecule has 0 N–H and O–H groups in total. The van der Waals surface area contributed by atoms with Gasteiger partial charge < -0.3 is 9.47 Å². The van der Waals surface area contributed by atoms with Gasteiger partial charge in [0.05, 0.1) is 16.6 Å².